The second-order valence-corrected chi connectivity index (χ2v) is 4.79. The smallest absolute Gasteiger partial charge is 0.323 e. The minimum Gasteiger partial charge on any atom is -0.480 e. The molecule has 2 aromatic rings. The number of nitrogens with zero attached hydrogens (tertiary/aromatic N) is 4. The Hall–Kier alpha value is -2.24. The number of anilines is 1. The molecule has 3 rings (SSSR count). The average Bonchev–Trinajstić information content (AvgIpc) is 3.21. The molecule has 1 fully saturated rings. The van der Waals surface area contributed by atoms with E-state index in [9.17, 15) is 4.79 Å². The molecule has 1 aliphatic rings. The standard InChI is InChI=1S/C13H14N4O2/c18-12(19)8-17(7-9-1-2-9)11-4-3-10-13(16-11)15-6-5-14-10/h3-6,9H,1-2,7-8H2,(H,18,19). The highest BCUT2D eigenvalue weighted by Crippen LogP contribution is 2.31. The summed E-state index contributed by atoms with van der Waals surface area (Å²) in [6, 6.07) is 3.63. The van der Waals surface area contributed by atoms with Crippen molar-refractivity contribution in [2.45, 2.75) is 12.8 Å². The van der Waals surface area contributed by atoms with Crippen molar-refractivity contribution < 1.29 is 9.90 Å². The number of carboxylic acid groups (broad SMARTS) is 1. The molecule has 0 saturated heterocycles. The second-order valence-electron chi connectivity index (χ2n) is 4.79. The Labute approximate surface area is 110 Å². The van der Waals surface area contributed by atoms with Gasteiger partial charge in [-0.05, 0) is 30.9 Å². The molecule has 6 nitrogen and oxygen atoms in total. The zero-order chi connectivity index (χ0) is 13.2. The minimum absolute atomic E-state index is 0.0325. The van der Waals surface area contributed by atoms with E-state index in [1.54, 1.807) is 17.3 Å². The molecule has 2 aromatic heterocycles. The van der Waals surface area contributed by atoms with Crippen molar-refractivity contribution in [3.63, 3.8) is 0 Å². The number of hydrogen-bond donors (Lipinski definition) is 1. The molecule has 19 heavy (non-hydrogen) atoms. The Morgan fingerprint density at radius 2 is 2.11 bits per heavy atom. The fraction of sp³-hybridized carbons (Fsp3) is 0.385. The molecule has 1 N–H and O–H groups in total. The summed E-state index contributed by atoms with van der Waals surface area (Å²) in [5.41, 5.74) is 1.26. The van der Waals surface area contributed by atoms with Crippen LogP contribution < -0.4 is 4.90 Å². The predicted octanol–water partition coefficient (Wildman–Crippen LogP) is 1.33. The van der Waals surface area contributed by atoms with Gasteiger partial charge < -0.3 is 10.0 Å². The first-order valence-corrected chi connectivity index (χ1v) is 6.27. The Balaban J connectivity index is 1.91. The highest BCUT2D eigenvalue weighted by molar-refractivity contribution is 5.75. The van der Waals surface area contributed by atoms with Gasteiger partial charge in [-0.1, -0.05) is 0 Å². The number of aromatic nitrogens is 3. The van der Waals surface area contributed by atoms with Crippen molar-refractivity contribution in [1.82, 2.24) is 15.0 Å². The third-order valence-corrected chi connectivity index (χ3v) is 3.14. The third-order valence-electron chi connectivity index (χ3n) is 3.14. The van der Waals surface area contributed by atoms with Crippen molar-refractivity contribution in [1.29, 1.82) is 0 Å². The van der Waals surface area contributed by atoms with Gasteiger partial charge in [-0.25, -0.2) is 9.97 Å². The van der Waals surface area contributed by atoms with Crippen LogP contribution in [0.2, 0.25) is 0 Å². The predicted molar refractivity (Wildman–Crippen MR) is 69.9 cm³/mol. The van der Waals surface area contributed by atoms with Gasteiger partial charge in [-0.2, -0.15) is 0 Å². The van der Waals surface area contributed by atoms with Crippen LogP contribution in [0, 0.1) is 5.92 Å². The zero-order valence-electron chi connectivity index (χ0n) is 10.4. The van der Waals surface area contributed by atoms with Gasteiger partial charge in [0.2, 0.25) is 0 Å². The van der Waals surface area contributed by atoms with Crippen LogP contribution in [0.15, 0.2) is 24.5 Å². The molecule has 0 atom stereocenters. The first-order chi connectivity index (χ1) is 9.22. The maximum atomic E-state index is 11.0. The van der Waals surface area contributed by atoms with Crippen LogP contribution in [0.25, 0.3) is 11.2 Å². The van der Waals surface area contributed by atoms with Crippen LogP contribution in [0.5, 0.6) is 0 Å². The largest absolute Gasteiger partial charge is 0.480 e. The lowest BCUT2D eigenvalue weighted by Crippen LogP contribution is -2.32. The lowest BCUT2D eigenvalue weighted by molar-refractivity contribution is -0.135. The molecular formula is C13H14N4O2. The Bertz CT molecular complexity index is 612. The van der Waals surface area contributed by atoms with Gasteiger partial charge in [0.05, 0.1) is 0 Å². The number of aliphatic carboxylic acids is 1. The fourth-order valence-corrected chi connectivity index (χ4v) is 2.03. The molecule has 0 aliphatic heterocycles. The molecule has 0 amide bonds. The minimum atomic E-state index is -0.846. The van der Waals surface area contributed by atoms with Gasteiger partial charge in [0, 0.05) is 18.9 Å². The highest BCUT2D eigenvalue weighted by atomic mass is 16.4. The summed E-state index contributed by atoms with van der Waals surface area (Å²) in [7, 11) is 0. The molecule has 0 unspecified atom stereocenters. The lowest BCUT2D eigenvalue weighted by Gasteiger charge is -2.21. The average molecular weight is 258 g/mol. The monoisotopic (exact) mass is 258 g/mol. The van der Waals surface area contributed by atoms with Crippen LogP contribution >= 0.6 is 0 Å². The summed E-state index contributed by atoms with van der Waals surface area (Å²) in [6.45, 7) is 0.709. The summed E-state index contributed by atoms with van der Waals surface area (Å²) in [6.07, 6.45) is 5.54. The van der Waals surface area contributed by atoms with Crippen molar-refractivity contribution in [3.8, 4) is 0 Å². The van der Waals surface area contributed by atoms with Gasteiger partial charge in [-0.15, -0.1) is 0 Å². The molecule has 0 radical (unpaired) electrons. The van der Waals surface area contributed by atoms with E-state index in [1.807, 2.05) is 12.1 Å². The van der Waals surface area contributed by atoms with Crippen LogP contribution in [0.1, 0.15) is 12.8 Å². The molecule has 6 heteroatoms. The topological polar surface area (TPSA) is 79.2 Å². The molecule has 0 aromatic carbocycles. The van der Waals surface area contributed by atoms with Gasteiger partial charge >= 0.3 is 5.97 Å². The van der Waals surface area contributed by atoms with Crippen LogP contribution in [0.4, 0.5) is 5.82 Å². The van der Waals surface area contributed by atoms with E-state index in [0.29, 0.717) is 22.9 Å². The SMILES string of the molecule is O=C(O)CN(CC1CC1)c1ccc2nccnc2n1. The van der Waals surface area contributed by atoms with E-state index in [0.717, 1.165) is 6.54 Å². The maximum Gasteiger partial charge on any atom is 0.323 e. The van der Waals surface area contributed by atoms with E-state index < -0.39 is 5.97 Å². The Kier molecular flexibility index (Phi) is 2.98. The fourth-order valence-electron chi connectivity index (χ4n) is 2.03. The van der Waals surface area contributed by atoms with E-state index in [4.69, 9.17) is 5.11 Å². The molecule has 98 valence electrons. The first kappa shape index (κ1) is 11.8. The second kappa shape index (κ2) is 4.79. The Morgan fingerprint density at radius 3 is 2.84 bits per heavy atom. The number of rotatable bonds is 5. The number of carboxylic acids is 1. The first-order valence-electron chi connectivity index (χ1n) is 6.27. The Morgan fingerprint density at radius 1 is 1.32 bits per heavy atom. The molecule has 0 spiro atoms. The van der Waals surface area contributed by atoms with Crippen molar-refractivity contribution in [2.24, 2.45) is 5.92 Å². The normalized spacial score (nSPS) is 14.5. The van der Waals surface area contributed by atoms with E-state index in [-0.39, 0.29) is 6.54 Å². The number of hydrogen-bond acceptors (Lipinski definition) is 5. The molecular weight excluding hydrogens is 244 g/mol. The third kappa shape index (κ3) is 2.78. The van der Waals surface area contributed by atoms with Gasteiger partial charge in [0.15, 0.2) is 5.65 Å². The van der Waals surface area contributed by atoms with Gasteiger partial charge in [0.1, 0.15) is 17.9 Å². The number of carbonyl (C=O) groups is 1. The summed E-state index contributed by atoms with van der Waals surface area (Å²) < 4.78 is 0. The quantitative estimate of drug-likeness (QED) is 0.871. The van der Waals surface area contributed by atoms with Crippen LogP contribution in [0.3, 0.4) is 0 Å². The summed E-state index contributed by atoms with van der Waals surface area (Å²) >= 11 is 0. The van der Waals surface area contributed by atoms with Crippen molar-refractivity contribution >= 4 is 23.0 Å². The van der Waals surface area contributed by atoms with Gasteiger partial charge in [-0.3, -0.25) is 9.78 Å². The van der Waals surface area contributed by atoms with Crippen molar-refractivity contribution in [3.05, 3.63) is 24.5 Å². The van der Waals surface area contributed by atoms with Crippen molar-refractivity contribution in [2.75, 3.05) is 18.0 Å². The molecule has 2 heterocycles. The lowest BCUT2D eigenvalue weighted by atomic mass is 10.3. The zero-order valence-corrected chi connectivity index (χ0v) is 10.4. The van der Waals surface area contributed by atoms with E-state index in [2.05, 4.69) is 15.0 Å². The highest BCUT2D eigenvalue weighted by Gasteiger charge is 2.26. The van der Waals surface area contributed by atoms with Crippen LogP contribution in [-0.2, 0) is 4.79 Å². The summed E-state index contributed by atoms with van der Waals surface area (Å²) in [4.78, 5) is 25.5. The van der Waals surface area contributed by atoms with E-state index >= 15 is 0 Å². The van der Waals surface area contributed by atoms with Crippen LogP contribution in [-0.4, -0.2) is 39.1 Å². The summed E-state index contributed by atoms with van der Waals surface area (Å²) in [5, 5.41) is 8.99. The molecule has 1 saturated carbocycles. The molecule has 1 aliphatic carbocycles. The molecule has 0 bridgehead atoms. The van der Waals surface area contributed by atoms with E-state index in [1.165, 1.54) is 12.8 Å². The maximum absolute atomic E-state index is 11.0. The number of fused-ring (bicyclic) bond motifs is 1. The summed E-state index contributed by atoms with van der Waals surface area (Å²) in [5.74, 6) is 0.405. The number of pyridine rings is 1. The van der Waals surface area contributed by atoms with Gasteiger partial charge in [0.25, 0.3) is 0 Å².